The first kappa shape index (κ1) is 22.4. The molecule has 162 valence electrons. The summed E-state index contributed by atoms with van der Waals surface area (Å²) in [5.41, 5.74) is 1.55. The highest BCUT2D eigenvalue weighted by atomic mass is 32.2. The van der Waals surface area contributed by atoms with Crippen LogP contribution in [0.25, 0.3) is 0 Å². The zero-order valence-electron chi connectivity index (χ0n) is 17.5. The molecule has 2 N–H and O–H groups in total. The molecule has 31 heavy (non-hydrogen) atoms. The maximum absolute atomic E-state index is 12.4. The van der Waals surface area contributed by atoms with Crippen molar-refractivity contribution in [2.24, 2.45) is 0 Å². The zero-order chi connectivity index (χ0) is 22.1. The Hall–Kier alpha value is -3.33. The minimum atomic E-state index is -0.223. The smallest absolute Gasteiger partial charge is 0.251 e. The molecule has 0 aliphatic carbocycles. The summed E-state index contributed by atoms with van der Waals surface area (Å²) in [5.74, 6) is 1.19. The van der Waals surface area contributed by atoms with E-state index in [0.29, 0.717) is 35.4 Å². The molecule has 0 atom stereocenters. The molecule has 0 aliphatic heterocycles. The lowest BCUT2D eigenvalue weighted by Gasteiger charge is -2.09. The molecule has 1 heterocycles. The van der Waals surface area contributed by atoms with Gasteiger partial charge in [-0.05, 0) is 30.7 Å². The zero-order valence-corrected chi connectivity index (χ0v) is 18.3. The van der Waals surface area contributed by atoms with Crippen molar-refractivity contribution >= 4 is 23.6 Å². The average molecular weight is 440 g/mol. The van der Waals surface area contributed by atoms with Crippen LogP contribution in [0.2, 0.25) is 0 Å². The monoisotopic (exact) mass is 439 g/mol. The normalized spacial score (nSPS) is 10.5. The first-order chi connectivity index (χ1) is 15.1. The van der Waals surface area contributed by atoms with Crippen LogP contribution in [0.15, 0.2) is 59.8 Å². The lowest BCUT2D eigenvalue weighted by atomic mass is 10.2. The molecule has 3 aromatic rings. The maximum atomic E-state index is 12.4. The Kier molecular flexibility index (Phi) is 8.05. The van der Waals surface area contributed by atoms with Gasteiger partial charge in [0.15, 0.2) is 11.0 Å². The standard InChI is InChI=1S/C22H25N5O3S/c1-3-27-19(14-24-21(29)17-10-7-11-18(12-17)30-2)25-26-22(27)31-15-20(28)23-13-16-8-5-4-6-9-16/h4-12H,3,13-15H2,1-2H3,(H,23,28)(H,24,29). The van der Waals surface area contributed by atoms with Crippen LogP contribution in [0.1, 0.15) is 28.7 Å². The summed E-state index contributed by atoms with van der Waals surface area (Å²) in [6.45, 7) is 3.32. The van der Waals surface area contributed by atoms with E-state index < -0.39 is 0 Å². The summed E-state index contributed by atoms with van der Waals surface area (Å²) >= 11 is 1.32. The van der Waals surface area contributed by atoms with Gasteiger partial charge in [-0.1, -0.05) is 48.2 Å². The predicted molar refractivity (Wildman–Crippen MR) is 119 cm³/mol. The Morgan fingerprint density at radius 3 is 2.58 bits per heavy atom. The Bertz CT molecular complexity index is 1020. The second-order valence-corrected chi connectivity index (χ2v) is 7.55. The number of benzene rings is 2. The van der Waals surface area contributed by atoms with Gasteiger partial charge in [0.2, 0.25) is 5.91 Å². The SMILES string of the molecule is CCn1c(CNC(=O)c2cccc(OC)c2)nnc1SCC(=O)NCc1ccccc1. The second kappa shape index (κ2) is 11.2. The molecule has 3 rings (SSSR count). The van der Waals surface area contributed by atoms with Gasteiger partial charge in [-0.15, -0.1) is 10.2 Å². The molecular formula is C22H25N5O3S. The van der Waals surface area contributed by atoms with Gasteiger partial charge < -0.3 is 19.9 Å². The third-order valence-corrected chi connectivity index (χ3v) is 5.48. The van der Waals surface area contributed by atoms with Gasteiger partial charge in [0, 0.05) is 18.7 Å². The molecule has 0 saturated heterocycles. The van der Waals surface area contributed by atoms with Crippen molar-refractivity contribution in [2.45, 2.75) is 31.7 Å². The van der Waals surface area contributed by atoms with Crippen LogP contribution in [0, 0.1) is 0 Å². The first-order valence-electron chi connectivity index (χ1n) is 9.88. The molecule has 9 heteroatoms. The lowest BCUT2D eigenvalue weighted by Crippen LogP contribution is -2.25. The molecule has 0 spiro atoms. The van der Waals surface area contributed by atoms with Crippen molar-refractivity contribution in [2.75, 3.05) is 12.9 Å². The molecular weight excluding hydrogens is 414 g/mol. The summed E-state index contributed by atoms with van der Waals surface area (Å²) in [7, 11) is 1.56. The fourth-order valence-electron chi connectivity index (χ4n) is 2.88. The summed E-state index contributed by atoms with van der Waals surface area (Å²) < 4.78 is 7.04. The Balaban J connectivity index is 1.52. The average Bonchev–Trinajstić information content (AvgIpc) is 3.22. The molecule has 0 radical (unpaired) electrons. The van der Waals surface area contributed by atoms with Crippen molar-refractivity contribution in [3.05, 3.63) is 71.5 Å². The minimum Gasteiger partial charge on any atom is -0.497 e. The molecule has 0 aliphatic rings. The van der Waals surface area contributed by atoms with Gasteiger partial charge in [0.05, 0.1) is 19.4 Å². The van der Waals surface area contributed by atoms with Crippen molar-refractivity contribution < 1.29 is 14.3 Å². The summed E-state index contributed by atoms with van der Waals surface area (Å²) in [5, 5.41) is 14.7. The molecule has 0 unspecified atom stereocenters. The molecule has 8 nitrogen and oxygen atoms in total. The van der Waals surface area contributed by atoms with Gasteiger partial charge in [-0.2, -0.15) is 0 Å². The third-order valence-electron chi connectivity index (χ3n) is 4.51. The molecule has 2 amide bonds. The Morgan fingerprint density at radius 2 is 1.84 bits per heavy atom. The van der Waals surface area contributed by atoms with E-state index in [0.717, 1.165) is 5.56 Å². The summed E-state index contributed by atoms with van der Waals surface area (Å²) in [6.07, 6.45) is 0. The first-order valence-corrected chi connectivity index (χ1v) is 10.9. The Morgan fingerprint density at radius 1 is 1.03 bits per heavy atom. The van der Waals surface area contributed by atoms with Crippen LogP contribution in [-0.4, -0.2) is 39.4 Å². The minimum absolute atomic E-state index is 0.0765. The van der Waals surface area contributed by atoms with Crippen LogP contribution in [0.5, 0.6) is 5.75 Å². The number of carbonyl (C=O) groups excluding carboxylic acids is 2. The number of thioether (sulfide) groups is 1. The summed E-state index contributed by atoms with van der Waals surface area (Å²) in [6, 6.07) is 16.7. The molecule has 2 aromatic carbocycles. The van der Waals surface area contributed by atoms with E-state index in [1.165, 1.54) is 11.8 Å². The topological polar surface area (TPSA) is 98.1 Å². The highest BCUT2D eigenvalue weighted by molar-refractivity contribution is 7.99. The maximum Gasteiger partial charge on any atom is 0.251 e. The van der Waals surface area contributed by atoms with Gasteiger partial charge in [0.25, 0.3) is 5.91 Å². The van der Waals surface area contributed by atoms with E-state index in [1.54, 1.807) is 31.4 Å². The molecule has 0 bridgehead atoms. The highest BCUT2D eigenvalue weighted by Gasteiger charge is 2.14. The number of hydrogen-bond acceptors (Lipinski definition) is 6. The number of methoxy groups -OCH3 is 1. The largest absolute Gasteiger partial charge is 0.497 e. The van der Waals surface area contributed by atoms with Crippen LogP contribution in [0.4, 0.5) is 0 Å². The van der Waals surface area contributed by atoms with Crippen molar-refractivity contribution in [3.63, 3.8) is 0 Å². The molecule has 0 saturated carbocycles. The third kappa shape index (κ3) is 6.32. The lowest BCUT2D eigenvalue weighted by molar-refractivity contribution is -0.118. The second-order valence-electron chi connectivity index (χ2n) is 6.61. The van der Waals surface area contributed by atoms with E-state index in [1.807, 2.05) is 41.8 Å². The van der Waals surface area contributed by atoms with E-state index in [9.17, 15) is 9.59 Å². The van der Waals surface area contributed by atoms with Crippen LogP contribution in [0.3, 0.4) is 0 Å². The fraction of sp³-hybridized carbons (Fsp3) is 0.273. The van der Waals surface area contributed by atoms with E-state index in [2.05, 4.69) is 20.8 Å². The van der Waals surface area contributed by atoms with Crippen LogP contribution in [-0.2, 0) is 24.4 Å². The van der Waals surface area contributed by atoms with Gasteiger partial charge in [-0.25, -0.2) is 0 Å². The van der Waals surface area contributed by atoms with Crippen molar-refractivity contribution in [1.29, 1.82) is 0 Å². The van der Waals surface area contributed by atoms with Gasteiger partial charge in [0.1, 0.15) is 5.75 Å². The predicted octanol–water partition coefficient (Wildman–Crippen LogP) is 2.65. The van der Waals surface area contributed by atoms with Gasteiger partial charge in [-0.3, -0.25) is 9.59 Å². The number of nitrogens with zero attached hydrogens (tertiary/aromatic N) is 3. The number of aromatic nitrogens is 3. The molecule has 1 aromatic heterocycles. The van der Waals surface area contributed by atoms with E-state index in [4.69, 9.17) is 4.74 Å². The fourth-order valence-corrected chi connectivity index (χ4v) is 3.73. The van der Waals surface area contributed by atoms with Gasteiger partial charge >= 0.3 is 0 Å². The number of nitrogens with one attached hydrogen (secondary N) is 2. The quantitative estimate of drug-likeness (QED) is 0.471. The number of ether oxygens (including phenoxy) is 1. The van der Waals surface area contributed by atoms with Crippen LogP contribution >= 0.6 is 11.8 Å². The molecule has 0 fully saturated rings. The van der Waals surface area contributed by atoms with Crippen LogP contribution < -0.4 is 15.4 Å². The number of rotatable bonds is 10. The summed E-state index contributed by atoms with van der Waals surface area (Å²) in [4.78, 5) is 24.6. The van der Waals surface area contributed by atoms with Crippen molar-refractivity contribution in [1.82, 2.24) is 25.4 Å². The Labute approximate surface area is 185 Å². The number of hydrogen-bond donors (Lipinski definition) is 2. The highest BCUT2D eigenvalue weighted by Crippen LogP contribution is 2.17. The number of amides is 2. The van der Waals surface area contributed by atoms with E-state index >= 15 is 0 Å². The van der Waals surface area contributed by atoms with E-state index in [-0.39, 0.29) is 24.1 Å². The van der Waals surface area contributed by atoms with Crippen molar-refractivity contribution in [3.8, 4) is 5.75 Å². The number of carbonyl (C=O) groups is 2.